The van der Waals surface area contributed by atoms with Crippen LogP contribution in [0.25, 0.3) is 0 Å². The quantitative estimate of drug-likeness (QED) is 0.662. The number of likely N-dealkylation sites (tertiary alicyclic amines) is 1. The fourth-order valence-electron chi connectivity index (χ4n) is 3.23. The first-order chi connectivity index (χ1) is 7.64. The second-order valence-electron chi connectivity index (χ2n) is 5.43. The molecule has 0 aromatic carbocycles. The second-order valence-corrected chi connectivity index (χ2v) is 8.54. The van der Waals surface area contributed by atoms with E-state index in [1.165, 1.54) is 43.9 Å². The number of hydrogen-bond acceptors (Lipinski definition) is 4. The summed E-state index contributed by atoms with van der Waals surface area (Å²) in [6.07, 6.45) is 4.19. The molecule has 16 heavy (non-hydrogen) atoms. The number of rotatable bonds is 0. The molecule has 3 heterocycles. The summed E-state index contributed by atoms with van der Waals surface area (Å²) in [6, 6.07) is 0. The predicted octanol–water partition coefficient (Wildman–Crippen LogP) is 2.44. The molecule has 92 valence electrons. The van der Waals surface area contributed by atoms with Gasteiger partial charge in [-0.15, -0.1) is 23.5 Å². The minimum absolute atomic E-state index is 0.219. The molecule has 0 radical (unpaired) electrons. The first-order valence-corrected chi connectivity index (χ1v) is 8.26. The molecule has 3 aliphatic heterocycles. The van der Waals surface area contributed by atoms with Crippen molar-refractivity contribution in [2.45, 2.75) is 42.0 Å². The van der Waals surface area contributed by atoms with E-state index in [-0.39, 0.29) is 5.60 Å². The summed E-state index contributed by atoms with van der Waals surface area (Å²) in [5.74, 6) is 2.63. The van der Waals surface area contributed by atoms with E-state index >= 15 is 0 Å². The normalized spacial score (nSPS) is 37.5. The van der Waals surface area contributed by atoms with Gasteiger partial charge in [0.15, 0.2) is 0 Å². The van der Waals surface area contributed by atoms with Crippen molar-refractivity contribution >= 4 is 23.5 Å². The molecule has 4 heteroatoms. The van der Waals surface area contributed by atoms with Gasteiger partial charge in [0.05, 0.1) is 15.8 Å². The summed E-state index contributed by atoms with van der Waals surface area (Å²) in [6.45, 7) is 4.70. The van der Waals surface area contributed by atoms with Gasteiger partial charge in [0.2, 0.25) is 0 Å². The van der Waals surface area contributed by atoms with Crippen LogP contribution >= 0.6 is 23.5 Å². The molecular formula is C12H21NOS2. The van der Waals surface area contributed by atoms with E-state index in [0.29, 0.717) is 10.2 Å². The lowest BCUT2D eigenvalue weighted by atomic mass is 9.88. The van der Waals surface area contributed by atoms with Crippen molar-refractivity contribution in [3.8, 4) is 0 Å². The van der Waals surface area contributed by atoms with Crippen molar-refractivity contribution in [3.05, 3.63) is 0 Å². The SMILES string of the molecule is CC1OC2(CCN(C)CC2)CC12SCCS2. The van der Waals surface area contributed by atoms with Gasteiger partial charge < -0.3 is 9.64 Å². The molecule has 0 N–H and O–H groups in total. The molecule has 0 aliphatic carbocycles. The predicted molar refractivity (Wildman–Crippen MR) is 72.3 cm³/mol. The largest absolute Gasteiger partial charge is 0.370 e. The molecule has 2 nitrogen and oxygen atoms in total. The van der Waals surface area contributed by atoms with Crippen LogP contribution in [0.5, 0.6) is 0 Å². The molecule has 3 rings (SSSR count). The Morgan fingerprint density at radius 3 is 2.44 bits per heavy atom. The summed E-state index contributed by atoms with van der Waals surface area (Å²) < 4.78 is 6.81. The van der Waals surface area contributed by atoms with Crippen LogP contribution in [0.15, 0.2) is 0 Å². The van der Waals surface area contributed by atoms with Crippen LogP contribution in [0.4, 0.5) is 0 Å². The van der Waals surface area contributed by atoms with E-state index in [9.17, 15) is 0 Å². The van der Waals surface area contributed by atoms with Crippen LogP contribution in [0.2, 0.25) is 0 Å². The highest BCUT2D eigenvalue weighted by Gasteiger charge is 2.56. The van der Waals surface area contributed by atoms with Crippen molar-refractivity contribution in [2.75, 3.05) is 31.6 Å². The lowest BCUT2D eigenvalue weighted by Gasteiger charge is -2.37. The number of nitrogens with zero attached hydrogens (tertiary/aromatic N) is 1. The molecule has 0 aromatic heterocycles. The first kappa shape index (κ1) is 11.7. The zero-order chi connectivity index (χ0) is 11.2. The Labute approximate surface area is 107 Å². The maximum absolute atomic E-state index is 6.41. The summed E-state index contributed by atoms with van der Waals surface area (Å²) in [4.78, 5) is 2.43. The Morgan fingerprint density at radius 1 is 1.19 bits per heavy atom. The van der Waals surface area contributed by atoms with Gasteiger partial charge in [0, 0.05) is 31.0 Å². The highest BCUT2D eigenvalue weighted by molar-refractivity contribution is 8.21. The molecule has 1 atom stereocenters. The molecule has 0 aromatic rings. The first-order valence-electron chi connectivity index (χ1n) is 6.29. The van der Waals surface area contributed by atoms with Gasteiger partial charge in [-0.2, -0.15) is 0 Å². The second kappa shape index (κ2) is 4.08. The summed E-state index contributed by atoms with van der Waals surface area (Å²) in [5.41, 5.74) is 0.219. The van der Waals surface area contributed by atoms with Gasteiger partial charge in [-0.1, -0.05) is 0 Å². The lowest BCUT2D eigenvalue weighted by Crippen LogP contribution is -2.42. The molecule has 3 saturated heterocycles. The minimum atomic E-state index is 0.219. The monoisotopic (exact) mass is 259 g/mol. The average molecular weight is 259 g/mol. The van der Waals surface area contributed by atoms with Gasteiger partial charge >= 0.3 is 0 Å². The zero-order valence-electron chi connectivity index (χ0n) is 10.2. The Morgan fingerprint density at radius 2 is 1.81 bits per heavy atom. The van der Waals surface area contributed by atoms with Crippen molar-refractivity contribution in [1.29, 1.82) is 0 Å². The van der Waals surface area contributed by atoms with E-state index < -0.39 is 0 Å². The summed E-state index contributed by atoms with van der Waals surface area (Å²) >= 11 is 4.31. The highest BCUT2D eigenvalue weighted by Crippen LogP contribution is 2.59. The topological polar surface area (TPSA) is 12.5 Å². The average Bonchev–Trinajstić information content (AvgIpc) is 2.81. The van der Waals surface area contributed by atoms with Crippen molar-refractivity contribution in [2.24, 2.45) is 0 Å². The maximum Gasteiger partial charge on any atom is 0.0896 e. The standard InChI is InChI=1S/C12H21NOS2/c1-10-12(15-7-8-16-12)9-11(14-10)3-5-13(2)6-4-11/h10H,3-9H2,1-2H3. The van der Waals surface area contributed by atoms with Gasteiger partial charge in [-0.3, -0.25) is 0 Å². The summed E-state index contributed by atoms with van der Waals surface area (Å²) in [7, 11) is 2.22. The van der Waals surface area contributed by atoms with E-state index in [2.05, 4.69) is 42.4 Å². The minimum Gasteiger partial charge on any atom is -0.370 e. The van der Waals surface area contributed by atoms with Crippen LogP contribution in [-0.4, -0.2) is 52.3 Å². The third kappa shape index (κ3) is 1.82. The van der Waals surface area contributed by atoms with E-state index in [1.54, 1.807) is 0 Å². The smallest absolute Gasteiger partial charge is 0.0896 e. The third-order valence-electron chi connectivity index (χ3n) is 4.29. The van der Waals surface area contributed by atoms with Gasteiger partial charge in [0.25, 0.3) is 0 Å². The zero-order valence-corrected chi connectivity index (χ0v) is 11.8. The summed E-state index contributed by atoms with van der Waals surface area (Å²) in [5, 5.41) is 0. The van der Waals surface area contributed by atoms with Gasteiger partial charge in [0.1, 0.15) is 0 Å². The maximum atomic E-state index is 6.41. The van der Waals surface area contributed by atoms with Crippen LogP contribution in [0, 0.1) is 0 Å². The highest BCUT2D eigenvalue weighted by atomic mass is 32.2. The van der Waals surface area contributed by atoms with Crippen LogP contribution < -0.4 is 0 Å². The van der Waals surface area contributed by atoms with Crippen LogP contribution in [0.3, 0.4) is 0 Å². The van der Waals surface area contributed by atoms with Crippen LogP contribution in [-0.2, 0) is 4.74 Å². The molecule has 2 spiro atoms. The molecule has 1 unspecified atom stereocenters. The van der Waals surface area contributed by atoms with E-state index in [1.807, 2.05) is 0 Å². The fraction of sp³-hybridized carbons (Fsp3) is 1.00. The van der Waals surface area contributed by atoms with Crippen molar-refractivity contribution in [3.63, 3.8) is 0 Å². The van der Waals surface area contributed by atoms with E-state index in [0.717, 1.165) is 0 Å². The Bertz CT molecular complexity index is 270. The molecule has 0 bridgehead atoms. The van der Waals surface area contributed by atoms with E-state index in [4.69, 9.17) is 4.74 Å². The van der Waals surface area contributed by atoms with Crippen molar-refractivity contribution in [1.82, 2.24) is 4.90 Å². The Balaban J connectivity index is 1.75. The molecular weight excluding hydrogens is 238 g/mol. The Kier molecular flexibility index (Phi) is 2.98. The van der Waals surface area contributed by atoms with Crippen LogP contribution in [0.1, 0.15) is 26.2 Å². The number of hydrogen-bond donors (Lipinski definition) is 0. The molecule has 3 aliphatic rings. The number of ether oxygens (including phenoxy) is 1. The molecule has 0 amide bonds. The third-order valence-corrected chi connectivity index (χ3v) is 8.00. The lowest BCUT2D eigenvalue weighted by molar-refractivity contribution is -0.0683. The fourth-order valence-corrected chi connectivity index (χ4v) is 6.71. The van der Waals surface area contributed by atoms with Gasteiger partial charge in [-0.25, -0.2) is 0 Å². The molecule has 0 saturated carbocycles. The number of piperidine rings is 1. The molecule has 3 fully saturated rings. The Hall–Kier alpha value is 0.620. The van der Waals surface area contributed by atoms with Gasteiger partial charge in [-0.05, 0) is 26.8 Å². The number of thioether (sulfide) groups is 2. The van der Waals surface area contributed by atoms with Crippen molar-refractivity contribution < 1.29 is 4.74 Å².